The summed E-state index contributed by atoms with van der Waals surface area (Å²) in [7, 11) is 0. The molecule has 0 saturated heterocycles. The van der Waals surface area contributed by atoms with E-state index < -0.39 is 0 Å². The number of nitrogens with one attached hydrogen (secondary N) is 1. The van der Waals surface area contributed by atoms with Gasteiger partial charge < -0.3 is 4.98 Å². The van der Waals surface area contributed by atoms with Gasteiger partial charge in [-0.1, -0.05) is 24.3 Å². The van der Waals surface area contributed by atoms with Crippen LogP contribution < -0.4 is 5.56 Å². The molecule has 1 aromatic carbocycles. The molecule has 1 aliphatic rings. The first-order valence-corrected chi connectivity index (χ1v) is 7.73. The van der Waals surface area contributed by atoms with Crippen molar-refractivity contribution < 1.29 is 0 Å². The normalized spacial score (nSPS) is 18.6. The average Bonchev–Trinajstić information content (AvgIpc) is 3.12. The molecule has 0 saturated carbocycles. The third-order valence-electron chi connectivity index (χ3n) is 4.84. The Balaban J connectivity index is 2.04. The van der Waals surface area contributed by atoms with Crippen LogP contribution in [0.25, 0.3) is 16.9 Å². The number of hydrogen-bond acceptors (Lipinski definition) is 3. The van der Waals surface area contributed by atoms with Crippen molar-refractivity contribution in [3.8, 4) is 17.3 Å². The van der Waals surface area contributed by atoms with E-state index in [9.17, 15) is 4.79 Å². The van der Waals surface area contributed by atoms with Crippen molar-refractivity contribution in [3.63, 3.8) is 0 Å². The Labute approximate surface area is 133 Å². The number of unbranched alkanes of at least 4 members (excludes halogenated alkanes) is 1. The Morgan fingerprint density at radius 2 is 2.22 bits per heavy atom. The molecule has 0 radical (unpaired) electrons. The van der Waals surface area contributed by atoms with E-state index in [1.165, 1.54) is 5.56 Å². The van der Waals surface area contributed by atoms with Crippen LogP contribution in [0.2, 0.25) is 0 Å². The first kappa shape index (κ1) is 13.8. The van der Waals surface area contributed by atoms with Gasteiger partial charge in [0.15, 0.2) is 0 Å². The molecular weight excluding hydrogens is 288 g/mol. The standard InChI is InChI=1S/C18H16N4O/c1-18(8-4-5-9-19)13-7-3-2-6-12(13)14-15(18)22-11-10-20-16(22)17(23)21-14/h2-3,6-7,10-11H,4-5,8H2,1H3,(H,21,23). The number of fused-ring (bicyclic) bond motifs is 5. The van der Waals surface area contributed by atoms with E-state index >= 15 is 0 Å². The lowest BCUT2D eigenvalue weighted by Crippen LogP contribution is -2.25. The number of benzene rings is 1. The molecule has 4 rings (SSSR count). The van der Waals surface area contributed by atoms with E-state index in [1.54, 1.807) is 6.20 Å². The molecular formula is C18H16N4O. The van der Waals surface area contributed by atoms with E-state index in [1.807, 2.05) is 28.8 Å². The predicted molar refractivity (Wildman–Crippen MR) is 87.2 cm³/mol. The minimum atomic E-state index is -0.244. The molecule has 114 valence electrons. The van der Waals surface area contributed by atoms with Crippen LogP contribution >= 0.6 is 0 Å². The highest BCUT2D eigenvalue weighted by molar-refractivity contribution is 5.77. The monoisotopic (exact) mass is 304 g/mol. The Morgan fingerprint density at radius 1 is 1.39 bits per heavy atom. The molecule has 0 amide bonds. The molecule has 0 spiro atoms. The molecule has 3 aromatic rings. The maximum atomic E-state index is 12.3. The lowest BCUT2D eigenvalue weighted by molar-refractivity contribution is 0.494. The fraction of sp³-hybridized carbons (Fsp3) is 0.278. The molecule has 1 N–H and O–H groups in total. The number of aromatic amines is 1. The van der Waals surface area contributed by atoms with E-state index in [2.05, 4.69) is 29.0 Å². The zero-order chi connectivity index (χ0) is 16.0. The van der Waals surface area contributed by atoms with Gasteiger partial charge in [-0.25, -0.2) is 4.98 Å². The SMILES string of the molecule is CC1(CCCC#N)c2ccccc2-c2[nH]c(=O)c3nccn3c21. The van der Waals surface area contributed by atoms with Gasteiger partial charge in [0.1, 0.15) is 0 Å². The predicted octanol–water partition coefficient (Wildman–Crippen LogP) is 3.00. The summed E-state index contributed by atoms with van der Waals surface area (Å²) in [5.74, 6) is 0. The average molecular weight is 304 g/mol. The molecule has 0 fully saturated rings. The number of H-pyrrole nitrogens is 1. The zero-order valence-corrected chi connectivity index (χ0v) is 12.8. The molecule has 2 heterocycles. The maximum Gasteiger partial charge on any atom is 0.292 e. The van der Waals surface area contributed by atoms with Gasteiger partial charge in [0.2, 0.25) is 5.65 Å². The van der Waals surface area contributed by atoms with Gasteiger partial charge in [0, 0.05) is 29.8 Å². The van der Waals surface area contributed by atoms with E-state index in [0.29, 0.717) is 12.1 Å². The van der Waals surface area contributed by atoms with Crippen molar-refractivity contribution in [3.05, 3.63) is 58.3 Å². The van der Waals surface area contributed by atoms with Crippen molar-refractivity contribution in [2.45, 2.75) is 31.6 Å². The van der Waals surface area contributed by atoms with Crippen molar-refractivity contribution in [2.24, 2.45) is 0 Å². The smallest absolute Gasteiger partial charge is 0.292 e. The van der Waals surface area contributed by atoms with Crippen LogP contribution in [0.3, 0.4) is 0 Å². The maximum absolute atomic E-state index is 12.3. The number of hydrogen-bond donors (Lipinski definition) is 1. The number of rotatable bonds is 3. The van der Waals surface area contributed by atoms with Crippen LogP contribution in [0.5, 0.6) is 0 Å². The second kappa shape index (κ2) is 4.82. The largest absolute Gasteiger partial charge is 0.317 e. The summed E-state index contributed by atoms with van der Waals surface area (Å²) in [4.78, 5) is 19.5. The molecule has 1 atom stereocenters. The highest BCUT2D eigenvalue weighted by Gasteiger charge is 2.41. The van der Waals surface area contributed by atoms with Crippen LogP contribution in [0, 0.1) is 11.3 Å². The van der Waals surface area contributed by atoms with Crippen molar-refractivity contribution in [1.82, 2.24) is 14.4 Å². The number of nitriles is 1. The third kappa shape index (κ3) is 1.78. The Hall–Kier alpha value is -2.87. The van der Waals surface area contributed by atoms with Gasteiger partial charge >= 0.3 is 0 Å². The highest BCUT2D eigenvalue weighted by Crippen LogP contribution is 2.49. The van der Waals surface area contributed by atoms with Gasteiger partial charge in [0.05, 0.1) is 17.5 Å². The first-order valence-electron chi connectivity index (χ1n) is 7.73. The zero-order valence-electron chi connectivity index (χ0n) is 12.8. The van der Waals surface area contributed by atoms with Gasteiger partial charge in [-0.3, -0.25) is 9.20 Å². The number of aromatic nitrogens is 3. The summed E-state index contributed by atoms with van der Waals surface area (Å²) in [6, 6.07) is 10.4. The van der Waals surface area contributed by atoms with Crippen LogP contribution in [0.1, 0.15) is 37.4 Å². The van der Waals surface area contributed by atoms with E-state index in [0.717, 1.165) is 29.8 Å². The summed E-state index contributed by atoms with van der Waals surface area (Å²) in [5, 5.41) is 8.88. The Bertz CT molecular complexity index is 1010. The van der Waals surface area contributed by atoms with Gasteiger partial charge in [-0.15, -0.1) is 0 Å². The van der Waals surface area contributed by atoms with E-state index in [4.69, 9.17) is 5.26 Å². The first-order chi connectivity index (χ1) is 11.2. The minimum Gasteiger partial charge on any atom is -0.317 e. The van der Waals surface area contributed by atoms with Crippen molar-refractivity contribution in [1.29, 1.82) is 5.26 Å². The second-order valence-electron chi connectivity index (χ2n) is 6.19. The van der Waals surface area contributed by atoms with Crippen molar-refractivity contribution in [2.75, 3.05) is 0 Å². The molecule has 5 nitrogen and oxygen atoms in total. The molecule has 2 aromatic heterocycles. The van der Waals surface area contributed by atoms with E-state index in [-0.39, 0.29) is 11.0 Å². The summed E-state index contributed by atoms with van der Waals surface area (Å²) in [5.41, 5.74) is 4.19. The number of nitrogens with zero attached hydrogens (tertiary/aromatic N) is 3. The van der Waals surface area contributed by atoms with Crippen LogP contribution in [-0.4, -0.2) is 14.4 Å². The lowest BCUT2D eigenvalue weighted by Gasteiger charge is -2.27. The molecule has 1 unspecified atom stereocenters. The molecule has 1 aliphatic carbocycles. The van der Waals surface area contributed by atoms with Gasteiger partial charge in [-0.05, 0) is 25.3 Å². The van der Waals surface area contributed by atoms with Crippen LogP contribution in [0.4, 0.5) is 0 Å². The Kier molecular flexibility index (Phi) is 2.88. The molecule has 0 aliphatic heterocycles. The van der Waals surface area contributed by atoms with Gasteiger partial charge in [-0.2, -0.15) is 5.26 Å². The molecule has 5 heteroatoms. The summed E-state index contributed by atoms with van der Waals surface area (Å²) in [6.45, 7) is 2.19. The fourth-order valence-corrected chi connectivity index (χ4v) is 3.82. The van der Waals surface area contributed by atoms with Crippen molar-refractivity contribution >= 4 is 5.65 Å². The highest BCUT2D eigenvalue weighted by atomic mass is 16.1. The van der Waals surface area contributed by atoms with Crippen LogP contribution in [0.15, 0.2) is 41.5 Å². The second-order valence-corrected chi connectivity index (χ2v) is 6.19. The quantitative estimate of drug-likeness (QED) is 0.756. The fourth-order valence-electron chi connectivity index (χ4n) is 3.82. The van der Waals surface area contributed by atoms with Gasteiger partial charge in [0.25, 0.3) is 5.56 Å². The molecule has 23 heavy (non-hydrogen) atoms. The number of imidazole rings is 1. The topological polar surface area (TPSA) is 73.9 Å². The minimum absolute atomic E-state index is 0.176. The summed E-state index contributed by atoms with van der Waals surface area (Å²) < 4.78 is 1.90. The Morgan fingerprint density at radius 3 is 3.04 bits per heavy atom. The summed E-state index contributed by atoms with van der Waals surface area (Å²) in [6.07, 6.45) is 5.70. The van der Waals surface area contributed by atoms with Crippen LogP contribution in [-0.2, 0) is 5.41 Å². The molecule has 0 bridgehead atoms. The lowest BCUT2D eigenvalue weighted by atomic mass is 9.78. The summed E-state index contributed by atoms with van der Waals surface area (Å²) >= 11 is 0. The third-order valence-corrected chi connectivity index (χ3v) is 4.84.